The summed E-state index contributed by atoms with van der Waals surface area (Å²) in [7, 11) is 0. The second-order valence-corrected chi connectivity index (χ2v) is 5.84. The molecule has 0 aliphatic carbocycles. The second-order valence-electron chi connectivity index (χ2n) is 5.84. The number of aliphatic carboxylic acids is 1. The Hall–Kier alpha value is -1.71. The predicted molar refractivity (Wildman–Crippen MR) is 87.2 cm³/mol. The molecule has 1 atom stereocenters. The van der Waals surface area contributed by atoms with Crippen LogP contribution in [0.1, 0.15) is 33.1 Å². The monoisotopic (exact) mass is 290 g/mol. The van der Waals surface area contributed by atoms with Gasteiger partial charge in [-0.2, -0.15) is 0 Å². The molecule has 0 bridgehead atoms. The summed E-state index contributed by atoms with van der Waals surface area (Å²) in [6, 6.07) is 8.55. The minimum atomic E-state index is -0.738. The number of benzene rings is 1. The van der Waals surface area contributed by atoms with Crippen molar-refractivity contribution in [3.8, 4) is 0 Å². The fourth-order valence-electron chi connectivity index (χ4n) is 2.85. The Morgan fingerprint density at radius 3 is 2.38 bits per heavy atom. The van der Waals surface area contributed by atoms with Gasteiger partial charge in [0.05, 0.1) is 5.92 Å². The lowest BCUT2D eigenvalue weighted by Crippen LogP contribution is -2.32. The molecule has 0 saturated carbocycles. The summed E-state index contributed by atoms with van der Waals surface area (Å²) >= 11 is 0. The predicted octanol–water partition coefficient (Wildman–Crippen LogP) is 3.22. The highest BCUT2D eigenvalue weighted by molar-refractivity contribution is 5.70. The fraction of sp³-hybridized carbons (Fsp3) is 0.588. The lowest BCUT2D eigenvalue weighted by atomic mass is 10.1. The Balaban J connectivity index is 2.03. The quantitative estimate of drug-likeness (QED) is 0.873. The Labute approximate surface area is 127 Å². The number of nitrogens with zero attached hydrogens (tertiary/aromatic N) is 2. The Morgan fingerprint density at radius 1 is 1.24 bits per heavy atom. The molecule has 0 amide bonds. The Bertz CT molecular complexity index is 452. The molecule has 0 spiro atoms. The van der Waals surface area contributed by atoms with Crippen molar-refractivity contribution in [1.29, 1.82) is 0 Å². The zero-order valence-electron chi connectivity index (χ0n) is 13.1. The fourth-order valence-corrected chi connectivity index (χ4v) is 2.85. The molecule has 1 aliphatic rings. The van der Waals surface area contributed by atoms with Gasteiger partial charge in [0, 0.05) is 37.6 Å². The smallest absolute Gasteiger partial charge is 0.308 e. The topological polar surface area (TPSA) is 43.8 Å². The van der Waals surface area contributed by atoms with Crippen LogP contribution in [0.5, 0.6) is 0 Å². The molecule has 2 rings (SSSR count). The molecule has 1 N–H and O–H groups in total. The van der Waals surface area contributed by atoms with Gasteiger partial charge in [-0.3, -0.25) is 4.79 Å². The SMILES string of the molecule is CCN(CC(C)C(=O)O)c1ccc(N2CCCCC2)cc1. The van der Waals surface area contributed by atoms with Gasteiger partial charge in [0.2, 0.25) is 0 Å². The van der Waals surface area contributed by atoms with E-state index in [1.54, 1.807) is 6.92 Å². The lowest BCUT2D eigenvalue weighted by Gasteiger charge is -2.30. The van der Waals surface area contributed by atoms with Gasteiger partial charge in [-0.05, 0) is 50.5 Å². The third-order valence-corrected chi connectivity index (χ3v) is 4.23. The third kappa shape index (κ3) is 4.13. The molecule has 1 aromatic rings. The van der Waals surface area contributed by atoms with Crippen molar-refractivity contribution >= 4 is 17.3 Å². The first kappa shape index (κ1) is 15.7. The number of hydrogen-bond acceptors (Lipinski definition) is 3. The van der Waals surface area contributed by atoms with Crippen LogP contribution < -0.4 is 9.80 Å². The minimum absolute atomic E-state index is 0.355. The first-order chi connectivity index (χ1) is 10.1. The van der Waals surface area contributed by atoms with Gasteiger partial charge in [0.1, 0.15) is 0 Å². The maximum Gasteiger partial charge on any atom is 0.308 e. The van der Waals surface area contributed by atoms with Gasteiger partial charge >= 0.3 is 5.97 Å². The van der Waals surface area contributed by atoms with E-state index in [0.29, 0.717) is 6.54 Å². The van der Waals surface area contributed by atoms with Crippen LogP contribution >= 0.6 is 0 Å². The number of anilines is 2. The maximum atomic E-state index is 11.0. The summed E-state index contributed by atoms with van der Waals surface area (Å²) in [4.78, 5) is 15.6. The first-order valence-corrected chi connectivity index (χ1v) is 7.94. The number of hydrogen-bond donors (Lipinski definition) is 1. The molecule has 1 aromatic carbocycles. The summed E-state index contributed by atoms with van der Waals surface area (Å²) in [5.74, 6) is -1.09. The number of carboxylic acid groups (broad SMARTS) is 1. The number of rotatable bonds is 6. The van der Waals surface area contributed by atoms with Crippen molar-refractivity contribution in [2.45, 2.75) is 33.1 Å². The third-order valence-electron chi connectivity index (χ3n) is 4.23. The molecule has 1 aliphatic heterocycles. The van der Waals surface area contributed by atoms with E-state index in [1.165, 1.54) is 24.9 Å². The summed E-state index contributed by atoms with van der Waals surface area (Å²) in [5, 5.41) is 9.05. The normalized spacial score (nSPS) is 16.6. The lowest BCUT2D eigenvalue weighted by molar-refractivity contribution is -0.140. The average molecular weight is 290 g/mol. The van der Waals surface area contributed by atoms with Crippen LogP contribution in [-0.2, 0) is 4.79 Å². The standard InChI is InChI=1S/C17H26N2O2/c1-3-18(13-14(2)17(20)21)15-7-9-16(10-8-15)19-11-5-4-6-12-19/h7-10,14H,3-6,11-13H2,1-2H3,(H,20,21). The molecular formula is C17H26N2O2. The van der Waals surface area contributed by atoms with Crippen LogP contribution in [0.4, 0.5) is 11.4 Å². The molecule has 4 nitrogen and oxygen atoms in total. The van der Waals surface area contributed by atoms with Crippen molar-refractivity contribution in [2.24, 2.45) is 5.92 Å². The molecule has 116 valence electrons. The second kappa shape index (κ2) is 7.34. The van der Waals surface area contributed by atoms with Gasteiger partial charge in [-0.25, -0.2) is 0 Å². The molecule has 0 radical (unpaired) electrons. The van der Waals surface area contributed by atoms with E-state index < -0.39 is 5.97 Å². The van der Waals surface area contributed by atoms with Crippen LogP contribution in [-0.4, -0.2) is 37.3 Å². The minimum Gasteiger partial charge on any atom is -0.481 e. The van der Waals surface area contributed by atoms with E-state index >= 15 is 0 Å². The van der Waals surface area contributed by atoms with E-state index in [2.05, 4.69) is 41.0 Å². The van der Waals surface area contributed by atoms with E-state index in [-0.39, 0.29) is 5.92 Å². The van der Waals surface area contributed by atoms with Crippen molar-refractivity contribution in [3.63, 3.8) is 0 Å². The van der Waals surface area contributed by atoms with Crippen LogP contribution in [0.15, 0.2) is 24.3 Å². The van der Waals surface area contributed by atoms with E-state index in [9.17, 15) is 4.79 Å². The van der Waals surface area contributed by atoms with E-state index in [4.69, 9.17) is 5.11 Å². The molecule has 1 heterocycles. The van der Waals surface area contributed by atoms with E-state index in [1.807, 2.05) is 0 Å². The highest BCUT2D eigenvalue weighted by Gasteiger charge is 2.16. The molecule has 1 saturated heterocycles. The summed E-state index contributed by atoms with van der Waals surface area (Å²) < 4.78 is 0. The van der Waals surface area contributed by atoms with Gasteiger partial charge in [-0.15, -0.1) is 0 Å². The number of carbonyl (C=O) groups is 1. The largest absolute Gasteiger partial charge is 0.481 e. The summed E-state index contributed by atoms with van der Waals surface area (Å²) in [6.07, 6.45) is 3.89. The zero-order chi connectivity index (χ0) is 15.2. The van der Waals surface area contributed by atoms with Crippen molar-refractivity contribution < 1.29 is 9.90 Å². The van der Waals surface area contributed by atoms with Gasteiger partial charge in [0.25, 0.3) is 0 Å². The van der Waals surface area contributed by atoms with Crippen molar-refractivity contribution in [3.05, 3.63) is 24.3 Å². The van der Waals surface area contributed by atoms with Crippen LogP contribution in [0.2, 0.25) is 0 Å². The summed E-state index contributed by atoms with van der Waals surface area (Å²) in [5.41, 5.74) is 2.38. The molecular weight excluding hydrogens is 264 g/mol. The highest BCUT2D eigenvalue weighted by Crippen LogP contribution is 2.24. The van der Waals surface area contributed by atoms with Gasteiger partial charge in [-0.1, -0.05) is 6.92 Å². The average Bonchev–Trinajstić information content (AvgIpc) is 2.53. The van der Waals surface area contributed by atoms with Crippen molar-refractivity contribution in [2.75, 3.05) is 36.0 Å². The Kier molecular flexibility index (Phi) is 5.48. The molecule has 1 unspecified atom stereocenters. The van der Waals surface area contributed by atoms with E-state index in [0.717, 1.165) is 25.3 Å². The maximum absolute atomic E-state index is 11.0. The van der Waals surface area contributed by atoms with Crippen molar-refractivity contribution in [1.82, 2.24) is 0 Å². The molecule has 4 heteroatoms. The highest BCUT2D eigenvalue weighted by atomic mass is 16.4. The molecule has 1 fully saturated rings. The zero-order valence-corrected chi connectivity index (χ0v) is 13.1. The molecule has 21 heavy (non-hydrogen) atoms. The van der Waals surface area contributed by atoms with Crippen LogP contribution in [0.25, 0.3) is 0 Å². The van der Waals surface area contributed by atoms with Crippen LogP contribution in [0.3, 0.4) is 0 Å². The summed E-state index contributed by atoms with van der Waals surface area (Å²) in [6.45, 7) is 7.48. The first-order valence-electron chi connectivity index (χ1n) is 7.94. The van der Waals surface area contributed by atoms with Crippen LogP contribution in [0, 0.1) is 5.92 Å². The van der Waals surface area contributed by atoms with Gasteiger partial charge < -0.3 is 14.9 Å². The number of piperidine rings is 1. The number of carboxylic acids is 1. The van der Waals surface area contributed by atoms with Gasteiger partial charge in [0.15, 0.2) is 0 Å². The molecule has 0 aromatic heterocycles. The Morgan fingerprint density at radius 2 is 1.86 bits per heavy atom.